The van der Waals surface area contributed by atoms with Gasteiger partial charge in [0.25, 0.3) is 0 Å². The molecule has 18 heavy (non-hydrogen) atoms. The number of rotatable bonds is 4. The van der Waals surface area contributed by atoms with Crippen LogP contribution in [0.15, 0.2) is 0 Å². The van der Waals surface area contributed by atoms with E-state index in [0.717, 1.165) is 39.1 Å². The van der Waals surface area contributed by atoms with Gasteiger partial charge in [-0.1, -0.05) is 20.8 Å². The smallest absolute Gasteiger partial charge is 0.239 e. The molecule has 4 heteroatoms. The fraction of sp³-hybridized carbons (Fsp3) is 0.929. The van der Waals surface area contributed by atoms with Crippen molar-refractivity contribution in [1.29, 1.82) is 0 Å². The van der Waals surface area contributed by atoms with E-state index in [9.17, 15) is 4.79 Å². The van der Waals surface area contributed by atoms with Crippen LogP contribution in [0.2, 0.25) is 0 Å². The van der Waals surface area contributed by atoms with E-state index in [4.69, 9.17) is 0 Å². The van der Waals surface area contributed by atoms with Gasteiger partial charge in [0.05, 0.1) is 5.54 Å². The summed E-state index contributed by atoms with van der Waals surface area (Å²) in [6.45, 7) is 15.2. The van der Waals surface area contributed by atoms with Crippen LogP contribution >= 0.6 is 0 Å². The molecule has 1 heterocycles. The molecular weight excluding hydrogens is 226 g/mol. The van der Waals surface area contributed by atoms with Crippen LogP contribution < -0.4 is 10.6 Å². The van der Waals surface area contributed by atoms with Crippen molar-refractivity contribution < 1.29 is 4.79 Å². The summed E-state index contributed by atoms with van der Waals surface area (Å²) < 4.78 is 0. The number of nitrogens with zero attached hydrogens (tertiary/aromatic N) is 1. The third-order valence-electron chi connectivity index (χ3n) is 3.62. The van der Waals surface area contributed by atoms with Crippen molar-refractivity contribution in [2.75, 3.05) is 32.7 Å². The van der Waals surface area contributed by atoms with Gasteiger partial charge in [0, 0.05) is 32.7 Å². The van der Waals surface area contributed by atoms with Crippen molar-refractivity contribution in [3.63, 3.8) is 0 Å². The minimum absolute atomic E-state index is 0.147. The SMILES string of the molecule is CC(C)(C)CCNC(=O)C(C)(C)N1CCNCC1. The maximum absolute atomic E-state index is 12.3. The molecule has 1 aliphatic heterocycles. The van der Waals surface area contributed by atoms with Crippen molar-refractivity contribution >= 4 is 5.91 Å². The Morgan fingerprint density at radius 3 is 2.22 bits per heavy atom. The molecule has 2 N–H and O–H groups in total. The normalized spacial score (nSPS) is 18.7. The van der Waals surface area contributed by atoms with E-state index in [1.807, 2.05) is 13.8 Å². The summed E-state index contributed by atoms with van der Waals surface area (Å²) in [5.41, 5.74) is -0.132. The molecular formula is C14H29N3O. The highest BCUT2D eigenvalue weighted by atomic mass is 16.2. The summed E-state index contributed by atoms with van der Waals surface area (Å²) in [6.07, 6.45) is 1.01. The van der Waals surface area contributed by atoms with Gasteiger partial charge in [-0.3, -0.25) is 9.69 Å². The van der Waals surface area contributed by atoms with Gasteiger partial charge in [0.2, 0.25) is 5.91 Å². The van der Waals surface area contributed by atoms with E-state index >= 15 is 0 Å². The van der Waals surface area contributed by atoms with Crippen molar-refractivity contribution in [3.8, 4) is 0 Å². The van der Waals surface area contributed by atoms with Crippen LogP contribution in [-0.4, -0.2) is 49.1 Å². The number of hydrogen-bond acceptors (Lipinski definition) is 3. The van der Waals surface area contributed by atoms with E-state index < -0.39 is 5.54 Å². The van der Waals surface area contributed by atoms with E-state index in [2.05, 4.69) is 36.3 Å². The number of hydrogen-bond donors (Lipinski definition) is 2. The highest BCUT2D eigenvalue weighted by Crippen LogP contribution is 2.18. The molecule has 0 aliphatic carbocycles. The molecule has 0 aromatic carbocycles. The maximum Gasteiger partial charge on any atom is 0.239 e. The minimum Gasteiger partial charge on any atom is -0.354 e. The Bertz CT molecular complexity index is 275. The van der Waals surface area contributed by atoms with Gasteiger partial charge in [-0.2, -0.15) is 0 Å². The molecule has 0 unspecified atom stereocenters. The first-order valence-electron chi connectivity index (χ1n) is 6.97. The van der Waals surface area contributed by atoms with Crippen LogP contribution in [0.5, 0.6) is 0 Å². The first-order chi connectivity index (χ1) is 8.23. The third kappa shape index (κ3) is 4.58. The second-order valence-electron chi connectivity index (χ2n) is 6.86. The Morgan fingerprint density at radius 2 is 1.72 bits per heavy atom. The third-order valence-corrected chi connectivity index (χ3v) is 3.62. The Morgan fingerprint density at radius 1 is 1.17 bits per heavy atom. The molecule has 0 spiro atoms. The van der Waals surface area contributed by atoms with Crippen LogP contribution in [0.1, 0.15) is 41.0 Å². The topological polar surface area (TPSA) is 44.4 Å². The zero-order chi connectivity index (χ0) is 13.8. The molecule has 0 aromatic rings. The number of carbonyl (C=O) groups excluding carboxylic acids is 1. The highest BCUT2D eigenvalue weighted by Gasteiger charge is 2.34. The minimum atomic E-state index is -0.403. The molecule has 0 atom stereocenters. The van der Waals surface area contributed by atoms with Crippen molar-refractivity contribution in [3.05, 3.63) is 0 Å². The van der Waals surface area contributed by atoms with Crippen LogP contribution in [0.25, 0.3) is 0 Å². The summed E-state index contributed by atoms with van der Waals surface area (Å²) in [5.74, 6) is 0.147. The van der Waals surface area contributed by atoms with E-state index in [-0.39, 0.29) is 11.3 Å². The fourth-order valence-corrected chi connectivity index (χ4v) is 2.13. The number of amides is 1. The van der Waals surface area contributed by atoms with Gasteiger partial charge in [0.1, 0.15) is 0 Å². The quantitative estimate of drug-likeness (QED) is 0.794. The van der Waals surface area contributed by atoms with Crippen LogP contribution in [-0.2, 0) is 4.79 Å². The predicted octanol–water partition coefficient (Wildman–Crippen LogP) is 1.22. The second kappa shape index (κ2) is 6.02. The summed E-state index contributed by atoms with van der Waals surface area (Å²) in [6, 6.07) is 0. The van der Waals surface area contributed by atoms with E-state index in [1.165, 1.54) is 0 Å². The molecule has 0 radical (unpaired) electrons. The summed E-state index contributed by atoms with van der Waals surface area (Å²) in [7, 11) is 0. The summed E-state index contributed by atoms with van der Waals surface area (Å²) >= 11 is 0. The van der Waals surface area contributed by atoms with Gasteiger partial charge >= 0.3 is 0 Å². The Kier molecular flexibility index (Phi) is 5.17. The molecule has 1 aliphatic rings. The highest BCUT2D eigenvalue weighted by molar-refractivity contribution is 5.85. The monoisotopic (exact) mass is 255 g/mol. The Labute approximate surface area is 111 Å². The molecule has 1 rings (SSSR count). The number of piperazine rings is 1. The standard InChI is InChI=1S/C14H29N3O/c1-13(2,3)6-7-16-12(18)14(4,5)17-10-8-15-9-11-17/h15H,6-11H2,1-5H3,(H,16,18). The average Bonchev–Trinajstić information content (AvgIpc) is 2.28. The lowest BCUT2D eigenvalue weighted by atomic mass is 9.92. The predicted molar refractivity (Wildman–Crippen MR) is 75.6 cm³/mol. The lowest BCUT2D eigenvalue weighted by Crippen LogP contribution is -2.60. The van der Waals surface area contributed by atoms with Crippen LogP contribution in [0.4, 0.5) is 0 Å². The van der Waals surface area contributed by atoms with Crippen molar-refractivity contribution in [2.24, 2.45) is 5.41 Å². The zero-order valence-electron chi connectivity index (χ0n) is 12.6. The number of carbonyl (C=O) groups is 1. The summed E-state index contributed by atoms with van der Waals surface area (Å²) in [4.78, 5) is 14.5. The number of nitrogens with one attached hydrogen (secondary N) is 2. The van der Waals surface area contributed by atoms with Crippen molar-refractivity contribution in [2.45, 2.75) is 46.6 Å². The molecule has 0 aromatic heterocycles. The van der Waals surface area contributed by atoms with Crippen molar-refractivity contribution in [1.82, 2.24) is 15.5 Å². The van der Waals surface area contributed by atoms with Gasteiger partial charge < -0.3 is 10.6 Å². The first-order valence-corrected chi connectivity index (χ1v) is 6.97. The summed E-state index contributed by atoms with van der Waals surface area (Å²) in [5, 5.41) is 6.39. The van der Waals surface area contributed by atoms with Gasteiger partial charge in [-0.05, 0) is 25.7 Å². The molecule has 4 nitrogen and oxygen atoms in total. The Hall–Kier alpha value is -0.610. The lowest BCUT2D eigenvalue weighted by Gasteiger charge is -2.40. The molecule has 1 saturated heterocycles. The van der Waals surface area contributed by atoms with E-state index in [0.29, 0.717) is 0 Å². The lowest BCUT2D eigenvalue weighted by molar-refractivity contribution is -0.132. The zero-order valence-corrected chi connectivity index (χ0v) is 12.6. The first kappa shape index (κ1) is 15.4. The van der Waals surface area contributed by atoms with Gasteiger partial charge in [0.15, 0.2) is 0 Å². The Balaban J connectivity index is 2.43. The van der Waals surface area contributed by atoms with Gasteiger partial charge in [-0.25, -0.2) is 0 Å². The average molecular weight is 255 g/mol. The maximum atomic E-state index is 12.3. The van der Waals surface area contributed by atoms with Gasteiger partial charge in [-0.15, -0.1) is 0 Å². The largest absolute Gasteiger partial charge is 0.354 e. The second-order valence-corrected chi connectivity index (χ2v) is 6.86. The molecule has 106 valence electrons. The molecule has 0 bridgehead atoms. The molecule has 1 amide bonds. The van der Waals surface area contributed by atoms with Crippen LogP contribution in [0.3, 0.4) is 0 Å². The molecule has 0 saturated carbocycles. The van der Waals surface area contributed by atoms with Crippen LogP contribution in [0, 0.1) is 5.41 Å². The molecule has 1 fully saturated rings. The fourth-order valence-electron chi connectivity index (χ4n) is 2.13. The van der Waals surface area contributed by atoms with E-state index in [1.54, 1.807) is 0 Å².